The van der Waals surface area contributed by atoms with Gasteiger partial charge >= 0.3 is 0 Å². The molecule has 0 aromatic heterocycles. The molecule has 1 aromatic carbocycles. The zero-order valence-electron chi connectivity index (χ0n) is 10.8. The van der Waals surface area contributed by atoms with Crippen LogP contribution in [0.2, 0.25) is 0 Å². The first-order valence-electron chi connectivity index (χ1n) is 5.89. The summed E-state index contributed by atoms with van der Waals surface area (Å²) in [6, 6.07) is 10.0. The first-order chi connectivity index (χ1) is 8.13. The standard InChI is InChI=1S/C13H21N3S/c1-4-16(11-10-15(2)3)13(17)14-12-8-6-5-7-9-12/h5-9H,4,10-11H2,1-3H3,(H,14,17). The van der Waals surface area contributed by atoms with Gasteiger partial charge in [-0.1, -0.05) is 18.2 Å². The monoisotopic (exact) mass is 251 g/mol. The molecule has 1 aromatic rings. The van der Waals surface area contributed by atoms with Crippen LogP contribution in [0, 0.1) is 0 Å². The summed E-state index contributed by atoms with van der Waals surface area (Å²) in [7, 11) is 4.14. The Balaban J connectivity index is 2.49. The topological polar surface area (TPSA) is 18.5 Å². The van der Waals surface area contributed by atoms with Crippen LogP contribution in [0.25, 0.3) is 0 Å². The number of nitrogens with one attached hydrogen (secondary N) is 1. The first kappa shape index (κ1) is 13.9. The maximum atomic E-state index is 5.40. The van der Waals surface area contributed by atoms with Crippen LogP contribution < -0.4 is 5.32 Å². The lowest BCUT2D eigenvalue weighted by molar-refractivity contribution is 0.339. The number of hydrogen-bond donors (Lipinski definition) is 1. The Morgan fingerprint density at radius 1 is 1.18 bits per heavy atom. The number of benzene rings is 1. The van der Waals surface area contributed by atoms with Crippen molar-refractivity contribution in [3.8, 4) is 0 Å². The minimum atomic E-state index is 0.792. The first-order valence-corrected chi connectivity index (χ1v) is 6.30. The molecule has 0 bridgehead atoms. The van der Waals surface area contributed by atoms with Crippen LogP contribution in [-0.4, -0.2) is 48.6 Å². The summed E-state index contributed by atoms with van der Waals surface area (Å²) in [5.41, 5.74) is 1.04. The van der Waals surface area contributed by atoms with Gasteiger partial charge in [0.25, 0.3) is 0 Å². The molecule has 0 aliphatic carbocycles. The molecular formula is C13H21N3S. The Morgan fingerprint density at radius 3 is 2.35 bits per heavy atom. The molecule has 4 heteroatoms. The molecule has 1 N–H and O–H groups in total. The Hall–Kier alpha value is -1.13. The predicted molar refractivity (Wildman–Crippen MR) is 78.5 cm³/mol. The van der Waals surface area contributed by atoms with Crippen LogP contribution in [0.4, 0.5) is 5.69 Å². The molecule has 0 heterocycles. The lowest BCUT2D eigenvalue weighted by atomic mass is 10.3. The van der Waals surface area contributed by atoms with Crippen molar-refractivity contribution in [3.05, 3.63) is 30.3 Å². The van der Waals surface area contributed by atoms with Gasteiger partial charge in [0.05, 0.1) is 0 Å². The molecule has 0 saturated heterocycles. The Labute approximate surface area is 109 Å². The fourth-order valence-electron chi connectivity index (χ4n) is 1.45. The SMILES string of the molecule is CCN(CCN(C)C)C(=S)Nc1ccccc1. The Kier molecular flexibility index (Phi) is 5.94. The number of thiocarbonyl (C=S) groups is 1. The highest BCUT2D eigenvalue weighted by molar-refractivity contribution is 7.80. The van der Waals surface area contributed by atoms with Gasteiger partial charge in [-0.3, -0.25) is 0 Å². The number of anilines is 1. The molecule has 0 aliphatic heterocycles. The minimum absolute atomic E-state index is 0.792. The molecule has 0 radical (unpaired) electrons. The summed E-state index contributed by atoms with van der Waals surface area (Å²) in [6.07, 6.45) is 0. The van der Waals surface area contributed by atoms with E-state index in [1.54, 1.807) is 0 Å². The normalized spacial score (nSPS) is 10.4. The van der Waals surface area contributed by atoms with Gasteiger partial charge in [0.2, 0.25) is 0 Å². The maximum absolute atomic E-state index is 5.40. The van der Waals surface area contributed by atoms with E-state index in [0.29, 0.717) is 0 Å². The van der Waals surface area contributed by atoms with Crippen LogP contribution in [0.1, 0.15) is 6.92 Å². The van der Waals surface area contributed by atoms with Gasteiger partial charge in [0, 0.05) is 25.3 Å². The molecule has 0 spiro atoms. The largest absolute Gasteiger partial charge is 0.348 e. The zero-order valence-corrected chi connectivity index (χ0v) is 11.6. The molecular weight excluding hydrogens is 230 g/mol. The van der Waals surface area contributed by atoms with Gasteiger partial charge in [-0.15, -0.1) is 0 Å². The van der Waals surface area contributed by atoms with Crippen LogP contribution in [0.5, 0.6) is 0 Å². The van der Waals surface area contributed by atoms with E-state index in [1.165, 1.54) is 0 Å². The predicted octanol–water partition coefficient (Wildman–Crippen LogP) is 2.27. The molecule has 0 unspecified atom stereocenters. The molecule has 0 fully saturated rings. The Bertz CT molecular complexity index is 338. The van der Waals surface area contributed by atoms with Crippen LogP contribution in [0.3, 0.4) is 0 Å². The van der Waals surface area contributed by atoms with E-state index < -0.39 is 0 Å². The lowest BCUT2D eigenvalue weighted by Crippen LogP contribution is -2.39. The van der Waals surface area contributed by atoms with E-state index in [0.717, 1.165) is 30.4 Å². The van der Waals surface area contributed by atoms with Gasteiger partial charge in [0.1, 0.15) is 0 Å². The van der Waals surface area contributed by atoms with Gasteiger partial charge in [-0.25, -0.2) is 0 Å². The second kappa shape index (κ2) is 7.25. The smallest absolute Gasteiger partial charge is 0.173 e. The fourth-order valence-corrected chi connectivity index (χ4v) is 1.79. The third-order valence-corrected chi connectivity index (χ3v) is 2.87. The average molecular weight is 251 g/mol. The minimum Gasteiger partial charge on any atom is -0.348 e. The summed E-state index contributed by atoms with van der Waals surface area (Å²) in [6.45, 7) is 4.99. The molecule has 94 valence electrons. The lowest BCUT2D eigenvalue weighted by Gasteiger charge is -2.25. The third-order valence-electron chi connectivity index (χ3n) is 2.51. The van der Waals surface area contributed by atoms with Crippen LogP contribution in [0.15, 0.2) is 30.3 Å². The molecule has 0 atom stereocenters. The van der Waals surface area contributed by atoms with Gasteiger partial charge in [0.15, 0.2) is 5.11 Å². The number of likely N-dealkylation sites (N-methyl/N-ethyl adjacent to an activating group) is 2. The molecule has 17 heavy (non-hydrogen) atoms. The van der Waals surface area contributed by atoms with Crippen molar-refractivity contribution < 1.29 is 0 Å². The van der Waals surface area contributed by atoms with Crippen molar-refractivity contribution in [3.63, 3.8) is 0 Å². The third kappa shape index (κ3) is 5.15. The second-order valence-electron chi connectivity index (χ2n) is 4.18. The fraction of sp³-hybridized carbons (Fsp3) is 0.462. The summed E-state index contributed by atoms with van der Waals surface area (Å²) in [4.78, 5) is 4.33. The van der Waals surface area contributed by atoms with Crippen molar-refractivity contribution in [2.75, 3.05) is 39.0 Å². The second-order valence-corrected chi connectivity index (χ2v) is 4.57. The van der Waals surface area contributed by atoms with Crippen LogP contribution in [-0.2, 0) is 0 Å². The number of nitrogens with zero attached hydrogens (tertiary/aromatic N) is 2. The summed E-state index contributed by atoms with van der Waals surface area (Å²) in [5, 5.41) is 4.05. The highest BCUT2D eigenvalue weighted by atomic mass is 32.1. The zero-order chi connectivity index (χ0) is 12.7. The highest BCUT2D eigenvalue weighted by Crippen LogP contribution is 2.06. The van der Waals surface area contributed by atoms with E-state index in [-0.39, 0.29) is 0 Å². The molecule has 0 saturated carbocycles. The number of para-hydroxylation sites is 1. The van der Waals surface area contributed by atoms with E-state index in [2.05, 4.69) is 36.1 Å². The Morgan fingerprint density at radius 2 is 1.82 bits per heavy atom. The molecule has 1 rings (SSSR count). The quantitative estimate of drug-likeness (QED) is 0.809. The van der Waals surface area contributed by atoms with E-state index in [4.69, 9.17) is 12.2 Å². The molecule has 0 aliphatic rings. The van der Waals surface area contributed by atoms with Crippen molar-refractivity contribution in [2.45, 2.75) is 6.92 Å². The maximum Gasteiger partial charge on any atom is 0.173 e. The van der Waals surface area contributed by atoms with Crippen molar-refractivity contribution >= 4 is 23.0 Å². The van der Waals surface area contributed by atoms with Gasteiger partial charge in [-0.2, -0.15) is 0 Å². The summed E-state index contributed by atoms with van der Waals surface area (Å²) < 4.78 is 0. The molecule has 3 nitrogen and oxygen atoms in total. The van der Waals surface area contributed by atoms with E-state index >= 15 is 0 Å². The highest BCUT2D eigenvalue weighted by Gasteiger charge is 2.07. The van der Waals surface area contributed by atoms with Gasteiger partial charge < -0.3 is 15.1 Å². The number of hydrogen-bond acceptors (Lipinski definition) is 2. The van der Waals surface area contributed by atoms with E-state index in [1.807, 2.05) is 30.3 Å². The average Bonchev–Trinajstić information content (AvgIpc) is 2.30. The van der Waals surface area contributed by atoms with Crippen LogP contribution >= 0.6 is 12.2 Å². The van der Waals surface area contributed by atoms with Crippen molar-refractivity contribution in [2.24, 2.45) is 0 Å². The van der Waals surface area contributed by atoms with Crippen molar-refractivity contribution in [1.29, 1.82) is 0 Å². The summed E-state index contributed by atoms with van der Waals surface area (Å²) >= 11 is 5.40. The summed E-state index contributed by atoms with van der Waals surface area (Å²) in [5.74, 6) is 0. The molecule has 0 amide bonds. The van der Waals surface area contributed by atoms with E-state index in [9.17, 15) is 0 Å². The van der Waals surface area contributed by atoms with Gasteiger partial charge in [-0.05, 0) is 45.4 Å². The number of rotatable bonds is 5. The van der Waals surface area contributed by atoms with Crippen molar-refractivity contribution in [1.82, 2.24) is 9.80 Å².